The first-order valence-electron chi connectivity index (χ1n) is 10.8. The number of aliphatic hydroxyl groups is 1. The molecule has 0 aromatic carbocycles. The molecule has 1 fully saturated rings. The number of cyclic esters (lactones) is 1. The van der Waals surface area contributed by atoms with Crippen LogP contribution in [-0.4, -0.2) is 23.3 Å². The van der Waals surface area contributed by atoms with Gasteiger partial charge in [0.2, 0.25) is 0 Å². The fourth-order valence-corrected chi connectivity index (χ4v) is 3.61. The lowest BCUT2D eigenvalue weighted by atomic mass is 9.96. The van der Waals surface area contributed by atoms with Crippen LogP contribution in [0.4, 0.5) is 0 Å². The van der Waals surface area contributed by atoms with Gasteiger partial charge in [0, 0.05) is 6.42 Å². The third-order valence-corrected chi connectivity index (χ3v) is 5.65. The van der Waals surface area contributed by atoms with E-state index >= 15 is 0 Å². The Balaban J connectivity index is 1.59. The van der Waals surface area contributed by atoms with Crippen molar-refractivity contribution in [3.8, 4) is 0 Å². The maximum atomic E-state index is 11.5. The summed E-state index contributed by atoms with van der Waals surface area (Å²) in [4.78, 5) is 11.5. The molecule has 29 heavy (non-hydrogen) atoms. The molecule has 2 heterocycles. The minimum atomic E-state index is -0.715. The molecular weight excluding hydrogens is 364 g/mol. The number of rotatable bonds is 12. The minimum absolute atomic E-state index is 0.309. The molecule has 2 rings (SSSR count). The van der Waals surface area contributed by atoms with Crippen LogP contribution < -0.4 is 0 Å². The van der Waals surface area contributed by atoms with Gasteiger partial charge in [0.15, 0.2) is 0 Å². The summed E-state index contributed by atoms with van der Waals surface area (Å²) < 4.78 is 10.3. The molecule has 1 aromatic rings. The summed E-state index contributed by atoms with van der Waals surface area (Å²) in [7, 11) is 0. The van der Waals surface area contributed by atoms with Crippen molar-refractivity contribution in [2.45, 2.75) is 77.9 Å². The topological polar surface area (TPSA) is 59.7 Å². The van der Waals surface area contributed by atoms with Crippen LogP contribution in [0.25, 0.3) is 0 Å². The normalized spacial score (nSPS) is 23.5. The number of carbonyl (C=O) groups is 1. The van der Waals surface area contributed by atoms with Crippen LogP contribution >= 0.6 is 0 Å². The molecule has 0 bridgehead atoms. The molecule has 1 aliphatic rings. The smallest absolute Gasteiger partial charge is 0.311 e. The van der Waals surface area contributed by atoms with Crippen molar-refractivity contribution in [1.29, 1.82) is 0 Å². The zero-order valence-electron chi connectivity index (χ0n) is 18.1. The van der Waals surface area contributed by atoms with Crippen LogP contribution in [0.2, 0.25) is 0 Å². The number of aliphatic hydroxyl groups excluding tert-OH is 1. The molecule has 0 aliphatic carbocycles. The summed E-state index contributed by atoms with van der Waals surface area (Å²) in [6.07, 6.45) is 15.9. The molecule has 0 amide bonds. The maximum Gasteiger partial charge on any atom is 0.311 e. The number of hydrogen-bond acceptors (Lipinski definition) is 4. The Morgan fingerprint density at radius 2 is 2.14 bits per heavy atom. The Labute approximate surface area is 175 Å². The average molecular weight is 401 g/mol. The molecular formula is C25H36O4. The van der Waals surface area contributed by atoms with Gasteiger partial charge in [-0.2, -0.15) is 0 Å². The number of hydrogen-bond donors (Lipinski definition) is 1. The Morgan fingerprint density at radius 3 is 2.79 bits per heavy atom. The highest BCUT2D eigenvalue weighted by molar-refractivity contribution is 5.75. The zero-order chi connectivity index (χ0) is 21.2. The molecule has 4 heteroatoms. The highest BCUT2D eigenvalue weighted by atomic mass is 16.6. The fraction of sp³-hybridized carbons (Fsp3) is 0.560. The highest BCUT2D eigenvalue weighted by Gasteiger charge is 2.40. The minimum Gasteiger partial charge on any atom is -0.472 e. The van der Waals surface area contributed by atoms with E-state index < -0.39 is 18.1 Å². The van der Waals surface area contributed by atoms with Gasteiger partial charge in [0.25, 0.3) is 0 Å². The Kier molecular flexibility index (Phi) is 9.46. The molecule has 1 aliphatic heterocycles. The Hall–Kier alpha value is -2.07. The Bertz CT molecular complexity index is 698. The quantitative estimate of drug-likeness (QED) is 0.274. The van der Waals surface area contributed by atoms with Crippen molar-refractivity contribution in [2.75, 3.05) is 0 Å². The van der Waals surface area contributed by atoms with Crippen molar-refractivity contribution in [1.82, 2.24) is 0 Å². The SMILES string of the molecule is C=C(CCCC(C)=CC=CC(C)CCCc1ccoc1)C[C@@H]1OC(=O)[C@H](C)[C@@H]1O. The standard InChI is InChI=1S/C25H36O4/c1-18(8-5-9-19(2)11-7-13-22-14-15-28-17-22)10-6-12-20(3)16-23-24(26)21(4)25(27)29-23/h5,8-9,14-15,17,19,21,23-24,26H,3,6-7,10-13,16H2,1-2,4H3/t19?,21-,23+,24+/m1/s1. The van der Waals surface area contributed by atoms with Crippen molar-refractivity contribution < 1.29 is 19.1 Å². The van der Waals surface area contributed by atoms with Gasteiger partial charge >= 0.3 is 5.97 Å². The lowest BCUT2D eigenvalue weighted by molar-refractivity contribution is -0.143. The number of ether oxygens (including phenoxy) is 1. The third kappa shape index (κ3) is 8.06. The van der Waals surface area contributed by atoms with Crippen LogP contribution in [0, 0.1) is 11.8 Å². The number of esters is 1. The van der Waals surface area contributed by atoms with Gasteiger partial charge in [-0.25, -0.2) is 0 Å². The first kappa shape index (κ1) is 23.2. The van der Waals surface area contributed by atoms with Crippen molar-refractivity contribution in [3.05, 3.63) is 60.1 Å². The number of carbonyl (C=O) groups excluding carboxylic acids is 1. The second-order valence-corrected chi connectivity index (χ2v) is 8.46. The molecule has 1 N–H and O–H groups in total. The average Bonchev–Trinajstić information content (AvgIpc) is 3.27. The summed E-state index contributed by atoms with van der Waals surface area (Å²) >= 11 is 0. The molecule has 0 saturated carbocycles. The van der Waals surface area contributed by atoms with Gasteiger partial charge in [0.1, 0.15) is 12.2 Å². The van der Waals surface area contributed by atoms with Gasteiger partial charge in [-0.05, 0) is 69.9 Å². The number of furan rings is 1. The summed E-state index contributed by atoms with van der Waals surface area (Å²) in [5, 5.41) is 10.0. The monoisotopic (exact) mass is 400 g/mol. The van der Waals surface area contributed by atoms with E-state index in [1.54, 1.807) is 13.2 Å². The van der Waals surface area contributed by atoms with E-state index in [2.05, 4.69) is 38.7 Å². The van der Waals surface area contributed by atoms with Gasteiger partial charge in [-0.3, -0.25) is 4.79 Å². The van der Waals surface area contributed by atoms with Crippen LogP contribution in [0.5, 0.6) is 0 Å². The van der Waals surface area contributed by atoms with Crippen molar-refractivity contribution in [3.63, 3.8) is 0 Å². The molecule has 1 aromatic heterocycles. The van der Waals surface area contributed by atoms with Crippen LogP contribution in [-0.2, 0) is 16.0 Å². The predicted molar refractivity (Wildman–Crippen MR) is 116 cm³/mol. The molecule has 160 valence electrons. The van der Waals surface area contributed by atoms with E-state index in [0.29, 0.717) is 12.3 Å². The van der Waals surface area contributed by atoms with Crippen LogP contribution in [0.15, 0.2) is 59.0 Å². The van der Waals surface area contributed by atoms with E-state index in [1.807, 2.05) is 12.3 Å². The highest BCUT2D eigenvalue weighted by Crippen LogP contribution is 2.27. The molecule has 1 unspecified atom stereocenters. The van der Waals surface area contributed by atoms with Crippen LogP contribution in [0.1, 0.15) is 64.9 Å². The van der Waals surface area contributed by atoms with E-state index in [0.717, 1.165) is 31.3 Å². The molecule has 1 saturated heterocycles. The largest absolute Gasteiger partial charge is 0.472 e. The lowest BCUT2D eigenvalue weighted by Crippen LogP contribution is -2.25. The summed E-state index contributed by atoms with van der Waals surface area (Å²) in [6.45, 7) is 10.2. The first-order valence-corrected chi connectivity index (χ1v) is 10.8. The molecule has 4 nitrogen and oxygen atoms in total. The van der Waals surface area contributed by atoms with Gasteiger partial charge in [0.05, 0.1) is 18.4 Å². The van der Waals surface area contributed by atoms with E-state index in [-0.39, 0.29) is 5.97 Å². The summed E-state index contributed by atoms with van der Waals surface area (Å²) in [5.74, 6) is -0.178. The zero-order valence-corrected chi connectivity index (χ0v) is 18.1. The van der Waals surface area contributed by atoms with Gasteiger partial charge < -0.3 is 14.3 Å². The fourth-order valence-electron chi connectivity index (χ4n) is 3.61. The maximum absolute atomic E-state index is 11.5. The third-order valence-electron chi connectivity index (χ3n) is 5.65. The molecule has 0 radical (unpaired) electrons. The van der Waals surface area contributed by atoms with E-state index in [9.17, 15) is 9.90 Å². The molecule has 4 atom stereocenters. The molecule has 0 spiro atoms. The van der Waals surface area contributed by atoms with E-state index in [4.69, 9.17) is 9.15 Å². The number of aryl methyl sites for hydroxylation is 1. The Morgan fingerprint density at radius 1 is 1.34 bits per heavy atom. The predicted octanol–water partition coefficient (Wildman–Crippen LogP) is 5.78. The second-order valence-electron chi connectivity index (χ2n) is 8.46. The number of allylic oxidation sites excluding steroid dienone is 4. The lowest BCUT2D eigenvalue weighted by Gasteiger charge is -2.15. The second kappa shape index (κ2) is 11.8. The van der Waals surface area contributed by atoms with Crippen molar-refractivity contribution in [2.24, 2.45) is 11.8 Å². The van der Waals surface area contributed by atoms with Gasteiger partial charge in [-0.1, -0.05) is 42.9 Å². The summed E-state index contributed by atoms with van der Waals surface area (Å²) in [6, 6.07) is 2.03. The van der Waals surface area contributed by atoms with Crippen molar-refractivity contribution >= 4 is 5.97 Å². The van der Waals surface area contributed by atoms with E-state index in [1.165, 1.54) is 24.0 Å². The van der Waals surface area contributed by atoms with Crippen LogP contribution in [0.3, 0.4) is 0 Å². The first-order chi connectivity index (χ1) is 13.9. The summed E-state index contributed by atoms with van der Waals surface area (Å²) in [5.41, 5.74) is 3.65. The van der Waals surface area contributed by atoms with Gasteiger partial charge in [-0.15, -0.1) is 0 Å².